The monoisotopic (exact) mass is 480 g/mol. The molecular formula is C24H25ClN6O3. The molecule has 176 valence electrons. The van der Waals surface area contributed by atoms with Crippen LogP contribution in [0.25, 0.3) is 10.8 Å². The molecule has 4 rings (SSSR count). The minimum absolute atomic E-state index is 0.00179. The van der Waals surface area contributed by atoms with Crippen molar-refractivity contribution in [3.63, 3.8) is 0 Å². The molecule has 1 aromatic carbocycles. The van der Waals surface area contributed by atoms with E-state index in [4.69, 9.17) is 21.6 Å². The van der Waals surface area contributed by atoms with Gasteiger partial charge in [0.05, 0.1) is 41.8 Å². The van der Waals surface area contributed by atoms with Crippen LogP contribution in [0.2, 0.25) is 5.02 Å². The molecule has 0 spiro atoms. The normalized spacial score (nSPS) is 14.7. The topological polar surface area (TPSA) is 115 Å². The number of ether oxygens (including phenoxy) is 1. The third-order valence-corrected chi connectivity index (χ3v) is 6.32. The summed E-state index contributed by atoms with van der Waals surface area (Å²) in [7, 11) is 0. The summed E-state index contributed by atoms with van der Waals surface area (Å²) in [6, 6.07) is 9.24. The standard InChI is InChI=1S/C24H25ClN6O3/c1-16(18-3-4-20(25)23-19(18)14-28-29-24(23)33)15-34-11-6-22(32)31-9-7-30(8-10-31)21-5-2-17(12-26)13-27-21/h2-5,13-14,16H,6-11,15H2,1H3,(H,29,33). The van der Waals surface area contributed by atoms with Crippen molar-refractivity contribution in [1.82, 2.24) is 20.1 Å². The number of amides is 1. The van der Waals surface area contributed by atoms with E-state index < -0.39 is 0 Å². The van der Waals surface area contributed by atoms with Gasteiger partial charge in [-0.2, -0.15) is 10.4 Å². The summed E-state index contributed by atoms with van der Waals surface area (Å²) in [5.41, 5.74) is 1.14. The fraction of sp³-hybridized carbons (Fsp3) is 0.375. The zero-order valence-corrected chi connectivity index (χ0v) is 19.6. The quantitative estimate of drug-likeness (QED) is 0.517. The van der Waals surface area contributed by atoms with E-state index in [9.17, 15) is 9.59 Å². The summed E-state index contributed by atoms with van der Waals surface area (Å²) in [6.07, 6.45) is 3.47. The van der Waals surface area contributed by atoms with Gasteiger partial charge in [-0.3, -0.25) is 9.59 Å². The van der Waals surface area contributed by atoms with Gasteiger partial charge in [-0.25, -0.2) is 10.1 Å². The second-order valence-electron chi connectivity index (χ2n) is 8.24. The van der Waals surface area contributed by atoms with Gasteiger partial charge in [0.15, 0.2) is 0 Å². The molecule has 1 atom stereocenters. The Morgan fingerprint density at radius 2 is 2.03 bits per heavy atom. The van der Waals surface area contributed by atoms with Gasteiger partial charge in [-0.15, -0.1) is 0 Å². The molecule has 1 saturated heterocycles. The number of halogens is 1. The van der Waals surface area contributed by atoms with E-state index in [1.54, 1.807) is 24.5 Å². The van der Waals surface area contributed by atoms with Crippen molar-refractivity contribution in [2.45, 2.75) is 19.3 Å². The Morgan fingerprint density at radius 1 is 1.24 bits per heavy atom. The fourth-order valence-corrected chi connectivity index (χ4v) is 4.36. The molecular weight excluding hydrogens is 456 g/mol. The summed E-state index contributed by atoms with van der Waals surface area (Å²) in [6.45, 7) is 5.37. The van der Waals surface area contributed by atoms with Crippen LogP contribution in [0.3, 0.4) is 0 Å². The molecule has 0 aliphatic carbocycles. The van der Waals surface area contributed by atoms with Crippen molar-refractivity contribution in [2.75, 3.05) is 44.3 Å². The van der Waals surface area contributed by atoms with Gasteiger partial charge < -0.3 is 14.5 Å². The third kappa shape index (κ3) is 5.19. The molecule has 0 bridgehead atoms. The number of nitrogens with one attached hydrogen (secondary N) is 1. The number of benzene rings is 1. The molecule has 3 heterocycles. The summed E-state index contributed by atoms with van der Waals surface area (Å²) < 4.78 is 5.80. The summed E-state index contributed by atoms with van der Waals surface area (Å²) in [5, 5.41) is 16.7. The highest BCUT2D eigenvalue weighted by Crippen LogP contribution is 2.28. The Hall–Kier alpha value is -3.48. The smallest absolute Gasteiger partial charge is 0.273 e. The number of aromatic amines is 1. The number of H-pyrrole nitrogens is 1. The van der Waals surface area contributed by atoms with Crippen molar-refractivity contribution < 1.29 is 9.53 Å². The largest absolute Gasteiger partial charge is 0.380 e. The van der Waals surface area contributed by atoms with Gasteiger partial charge in [-0.05, 0) is 23.8 Å². The van der Waals surface area contributed by atoms with Crippen molar-refractivity contribution in [1.29, 1.82) is 5.26 Å². The number of hydrogen-bond donors (Lipinski definition) is 1. The zero-order valence-electron chi connectivity index (χ0n) is 18.8. The number of pyridine rings is 1. The van der Waals surface area contributed by atoms with E-state index in [1.807, 2.05) is 24.0 Å². The lowest BCUT2D eigenvalue weighted by atomic mass is 9.97. The Labute approximate surface area is 201 Å². The van der Waals surface area contributed by atoms with Gasteiger partial charge in [-0.1, -0.05) is 24.6 Å². The lowest BCUT2D eigenvalue weighted by Crippen LogP contribution is -2.49. The molecule has 1 aliphatic rings. The maximum atomic E-state index is 12.6. The first-order valence-electron chi connectivity index (χ1n) is 11.1. The predicted octanol–water partition coefficient (Wildman–Crippen LogP) is 2.70. The number of fused-ring (bicyclic) bond motifs is 1. The van der Waals surface area contributed by atoms with Crippen LogP contribution < -0.4 is 10.5 Å². The zero-order chi connectivity index (χ0) is 24.1. The number of nitrogens with zero attached hydrogens (tertiary/aromatic N) is 5. The first kappa shape index (κ1) is 23.7. The van der Waals surface area contributed by atoms with Crippen LogP contribution in [0.5, 0.6) is 0 Å². The number of aromatic nitrogens is 3. The lowest BCUT2D eigenvalue weighted by Gasteiger charge is -2.35. The van der Waals surface area contributed by atoms with Gasteiger partial charge in [0, 0.05) is 43.7 Å². The van der Waals surface area contributed by atoms with E-state index in [1.165, 1.54) is 0 Å². The van der Waals surface area contributed by atoms with Crippen molar-refractivity contribution >= 4 is 34.1 Å². The Bertz CT molecular complexity index is 1260. The number of piperazine rings is 1. The third-order valence-electron chi connectivity index (χ3n) is 6.01. The van der Waals surface area contributed by atoms with Gasteiger partial charge in [0.1, 0.15) is 11.9 Å². The highest BCUT2D eigenvalue weighted by atomic mass is 35.5. The molecule has 1 aliphatic heterocycles. The maximum absolute atomic E-state index is 12.6. The molecule has 1 N–H and O–H groups in total. The molecule has 9 nitrogen and oxygen atoms in total. The summed E-state index contributed by atoms with van der Waals surface area (Å²) in [5.74, 6) is 0.880. The van der Waals surface area contributed by atoms with Gasteiger partial charge in [0.2, 0.25) is 5.91 Å². The molecule has 1 unspecified atom stereocenters. The molecule has 34 heavy (non-hydrogen) atoms. The second-order valence-corrected chi connectivity index (χ2v) is 8.64. The second kappa shape index (κ2) is 10.6. The SMILES string of the molecule is CC(COCCC(=O)N1CCN(c2ccc(C#N)cn2)CC1)c1ccc(Cl)c2c(=O)[nH]ncc12. The molecule has 0 saturated carbocycles. The van der Waals surface area contributed by atoms with Crippen LogP contribution in [0.4, 0.5) is 5.82 Å². The highest BCUT2D eigenvalue weighted by molar-refractivity contribution is 6.35. The minimum atomic E-state index is -0.321. The van der Waals surface area contributed by atoms with Crippen molar-refractivity contribution in [3.05, 3.63) is 63.2 Å². The molecule has 0 radical (unpaired) electrons. The number of hydrogen-bond acceptors (Lipinski definition) is 7. The minimum Gasteiger partial charge on any atom is -0.380 e. The number of anilines is 1. The maximum Gasteiger partial charge on any atom is 0.273 e. The average Bonchev–Trinajstić information content (AvgIpc) is 2.87. The average molecular weight is 481 g/mol. The van der Waals surface area contributed by atoms with Crippen molar-refractivity contribution in [2.24, 2.45) is 0 Å². The molecule has 10 heteroatoms. The fourth-order valence-electron chi connectivity index (χ4n) is 4.11. The Balaban J connectivity index is 1.24. The van der Waals surface area contributed by atoms with E-state index in [0.717, 1.165) is 11.4 Å². The number of rotatable bonds is 7. The first-order chi connectivity index (χ1) is 16.5. The van der Waals surface area contributed by atoms with Gasteiger partial charge in [0.25, 0.3) is 5.56 Å². The number of carbonyl (C=O) groups is 1. The number of nitriles is 1. The Morgan fingerprint density at radius 3 is 2.74 bits per heavy atom. The molecule has 1 amide bonds. The van der Waals surface area contributed by atoms with Crippen LogP contribution in [-0.2, 0) is 9.53 Å². The molecule has 3 aromatic rings. The summed E-state index contributed by atoms with van der Waals surface area (Å²) >= 11 is 6.19. The van der Waals surface area contributed by atoms with Crippen LogP contribution in [0, 0.1) is 11.3 Å². The van der Waals surface area contributed by atoms with E-state index >= 15 is 0 Å². The van der Waals surface area contributed by atoms with Crippen molar-refractivity contribution in [3.8, 4) is 6.07 Å². The molecule has 2 aromatic heterocycles. The van der Waals surface area contributed by atoms with Gasteiger partial charge >= 0.3 is 0 Å². The summed E-state index contributed by atoms with van der Waals surface area (Å²) in [4.78, 5) is 33.0. The number of carbonyl (C=O) groups excluding carboxylic acids is 1. The first-order valence-corrected chi connectivity index (χ1v) is 11.5. The van der Waals surface area contributed by atoms with Crippen LogP contribution in [-0.4, -0.2) is 65.4 Å². The predicted molar refractivity (Wildman–Crippen MR) is 129 cm³/mol. The van der Waals surface area contributed by atoms with E-state index in [0.29, 0.717) is 67.2 Å². The van der Waals surface area contributed by atoms with Crippen LogP contribution in [0.1, 0.15) is 30.4 Å². The van der Waals surface area contributed by atoms with E-state index in [2.05, 4.69) is 26.2 Å². The Kier molecular flexibility index (Phi) is 7.40. The van der Waals surface area contributed by atoms with Crippen LogP contribution in [0.15, 0.2) is 41.5 Å². The highest BCUT2D eigenvalue weighted by Gasteiger charge is 2.22. The molecule has 1 fully saturated rings. The lowest BCUT2D eigenvalue weighted by molar-refractivity contribution is -0.132. The van der Waals surface area contributed by atoms with E-state index in [-0.39, 0.29) is 17.4 Å². The van der Waals surface area contributed by atoms with Crippen LogP contribution >= 0.6 is 11.6 Å².